The fourth-order valence-electron chi connectivity index (χ4n) is 0.921. The van der Waals surface area contributed by atoms with Crippen molar-refractivity contribution in [2.24, 2.45) is 5.73 Å². The Bertz CT molecular complexity index is 350. The van der Waals surface area contributed by atoms with Gasteiger partial charge in [0.25, 0.3) is 0 Å². The van der Waals surface area contributed by atoms with Crippen molar-refractivity contribution < 1.29 is 13.9 Å². The summed E-state index contributed by atoms with van der Waals surface area (Å²) in [5, 5.41) is 0. The molecule has 0 bridgehead atoms. The fraction of sp³-hybridized carbons (Fsp3) is 0.600. The van der Waals surface area contributed by atoms with Crippen molar-refractivity contribution in [2.45, 2.75) is 39.3 Å². The summed E-state index contributed by atoms with van der Waals surface area (Å²) >= 11 is 0. The minimum atomic E-state index is -0.537. The number of nitrogens with two attached hydrogens (primary N) is 1. The molecule has 84 valence electrons. The van der Waals surface area contributed by atoms with E-state index in [0.717, 1.165) is 0 Å². The normalized spacial score (nSPS) is 13.7. The molecular formula is C10H16N2O3. The first-order valence-electron chi connectivity index (χ1n) is 4.74. The molecule has 0 aliphatic heterocycles. The zero-order valence-electron chi connectivity index (χ0n) is 9.40. The van der Waals surface area contributed by atoms with Crippen LogP contribution in [0.4, 0.5) is 0 Å². The summed E-state index contributed by atoms with van der Waals surface area (Å²) in [6.45, 7) is 7.09. The molecule has 0 aliphatic rings. The van der Waals surface area contributed by atoms with Crippen molar-refractivity contribution in [3.8, 4) is 0 Å². The van der Waals surface area contributed by atoms with Gasteiger partial charge in [-0.05, 0) is 27.7 Å². The molecule has 0 fully saturated rings. The number of aromatic nitrogens is 1. The Kier molecular flexibility index (Phi) is 3.14. The molecule has 5 heteroatoms. The monoisotopic (exact) mass is 212 g/mol. The van der Waals surface area contributed by atoms with Crippen molar-refractivity contribution >= 4 is 5.97 Å². The van der Waals surface area contributed by atoms with Crippen LogP contribution in [-0.4, -0.2) is 16.6 Å². The predicted molar refractivity (Wildman–Crippen MR) is 54.3 cm³/mol. The molecule has 0 saturated carbocycles. The number of nitrogens with zero attached hydrogens (tertiary/aromatic N) is 1. The second-order valence-electron chi connectivity index (χ2n) is 4.36. The maximum atomic E-state index is 11.5. The van der Waals surface area contributed by atoms with Crippen LogP contribution in [0.5, 0.6) is 0 Å². The molecule has 5 nitrogen and oxygen atoms in total. The molecule has 1 aromatic heterocycles. The van der Waals surface area contributed by atoms with Crippen LogP contribution in [0.2, 0.25) is 0 Å². The third kappa shape index (κ3) is 3.36. The van der Waals surface area contributed by atoms with Gasteiger partial charge in [0.15, 0.2) is 5.69 Å². The highest BCUT2D eigenvalue weighted by molar-refractivity contribution is 5.87. The first kappa shape index (κ1) is 11.7. The maximum absolute atomic E-state index is 11.5. The Balaban J connectivity index is 2.75. The van der Waals surface area contributed by atoms with Gasteiger partial charge in [-0.25, -0.2) is 9.78 Å². The molecule has 0 unspecified atom stereocenters. The minimum absolute atomic E-state index is 0.150. The third-order valence-electron chi connectivity index (χ3n) is 1.52. The van der Waals surface area contributed by atoms with Gasteiger partial charge in [0.2, 0.25) is 5.89 Å². The summed E-state index contributed by atoms with van der Waals surface area (Å²) in [6.07, 6.45) is 1.26. The van der Waals surface area contributed by atoms with Crippen molar-refractivity contribution in [3.63, 3.8) is 0 Å². The minimum Gasteiger partial charge on any atom is -0.455 e. The van der Waals surface area contributed by atoms with Gasteiger partial charge in [-0.2, -0.15) is 0 Å². The Hall–Kier alpha value is -1.36. The van der Waals surface area contributed by atoms with E-state index in [1.165, 1.54) is 6.26 Å². The summed E-state index contributed by atoms with van der Waals surface area (Å²) in [6, 6.07) is -0.332. The van der Waals surface area contributed by atoms with Crippen LogP contribution in [-0.2, 0) is 4.74 Å². The molecule has 1 heterocycles. The van der Waals surface area contributed by atoms with Gasteiger partial charge in [-0.1, -0.05) is 0 Å². The summed E-state index contributed by atoms with van der Waals surface area (Å²) in [4.78, 5) is 15.4. The number of hydrogen-bond donors (Lipinski definition) is 1. The molecule has 1 aromatic rings. The van der Waals surface area contributed by atoms with E-state index in [1.807, 2.05) is 0 Å². The van der Waals surface area contributed by atoms with Gasteiger partial charge >= 0.3 is 5.97 Å². The number of esters is 1. The van der Waals surface area contributed by atoms with E-state index in [9.17, 15) is 4.79 Å². The Labute approximate surface area is 88.6 Å². The lowest BCUT2D eigenvalue weighted by Crippen LogP contribution is -2.24. The molecule has 0 radical (unpaired) electrons. The molecule has 0 aliphatic carbocycles. The Morgan fingerprint density at radius 1 is 1.60 bits per heavy atom. The summed E-state index contributed by atoms with van der Waals surface area (Å²) < 4.78 is 10.1. The van der Waals surface area contributed by atoms with E-state index in [0.29, 0.717) is 5.89 Å². The quantitative estimate of drug-likeness (QED) is 0.754. The number of hydrogen-bond acceptors (Lipinski definition) is 5. The standard InChI is InChI=1S/C10H16N2O3/c1-6(11)8-12-7(5-14-8)9(13)15-10(2,3)4/h5-6H,11H2,1-4H3/t6-/m0/s1. The van der Waals surface area contributed by atoms with Crippen LogP contribution < -0.4 is 5.73 Å². The van der Waals surface area contributed by atoms with Gasteiger partial charge < -0.3 is 14.9 Å². The largest absolute Gasteiger partial charge is 0.455 e. The van der Waals surface area contributed by atoms with Crippen LogP contribution in [0.15, 0.2) is 10.7 Å². The van der Waals surface area contributed by atoms with Crippen LogP contribution >= 0.6 is 0 Å². The van der Waals surface area contributed by atoms with E-state index in [1.54, 1.807) is 27.7 Å². The molecule has 0 saturated heterocycles. The molecule has 0 aromatic carbocycles. The summed E-state index contributed by atoms with van der Waals surface area (Å²) in [5.41, 5.74) is 5.16. The molecule has 1 atom stereocenters. The van der Waals surface area contributed by atoms with E-state index >= 15 is 0 Å². The fourth-order valence-corrected chi connectivity index (χ4v) is 0.921. The van der Waals surface area contributed by atoms with Gasteiger partial charge in [0.1, 0.15) is 11.9 Å². The zero-order chi connectivity index (χ0) is 11.6. The Morgan fingerprint density at radius 2 is 2.20 bits per heavy atom. The van der Waals surface area contributed by atoms with E-state index in [4.69, 9.17) is 14.9 Å². The van der Waals surface area contributed by atoms with E-state index in [-0.39, 0.29) is 11.7 Å². The molecular weight excluding hydrogens is 196 g/mol. The van der Waals surface area contributed by atoms with Crippen LogP contribution in [0.3, 0.4) is 0 Å². The average Bonchev–Trinajstić information content (AvgIpc) is 2.47. The average molecular weight is 212 g/mol. The summed E-state index contributed by atoms with van der Waals surface area (Å²) in [7, 11) is 0. The number of oxazole rings is 1. The van der Waals surface area contributed by atoms with Gasteiger partial charge in [0.05, 0.1) is 6.04 Å². The van der Waals surface area contributed by atoms with Crippen molar-refractivity contribution in [2.75, 3.05) is 0 Å². The first-order valence-corrected chi connectivity index (χ1v) is 4.74. The van der Waals surface area contributed by atoms with Crippen LogP contribution in [0.1, 0.15) is 50.1 Å². The maximum Gasteiger partial charge on any atom is 0.360 e. The van der Waals surface area contributed by atoms with E-state index < -0.39 is 11.6 Å². The van der Waals surface area contributed by atoms with Gasteiger partial charge in [-0.15, -0.1) is 0 Å². The second-order valence-corrected chi connectivity index (χ2v) is 4.36. The first-order chi connectivity index (χ1) is 6.79. The second kappa shape index (κ2) is 4.02. The molecule has 0 spiro atoms. The lowest BCUT2D eigenvalue weighted by atomic mass is 10.2. The van der Waals surface area contributed by atoms with Crippen molar-refractivity contribution in [1.82, 2.24) is 4.98 Å². The van der Waals surface area contributed by atoms with Crippen molar-refractivity contribution in [1.29, 1.82) is 0 Å². The smallest absolute Gasteiger partial charge is 0.360 e. The predicted octanol–water partition coefficient (Wildman–Crippen LogP) is 1.65. The Morgan fingerprint density at radius 3 is 2.60 bits per heavy atom. The topological polar surface area (TPSA) is 78.3 Å². The highest BCUT2D eigenvalue weighted by Crippen LogP contribution is 2.14. The summed E-state index contributed by atoms with van der Waals surface area (Å²) in [5.74, 6) is -0.172. The lowest BCUT2D eigenvalue weighted by Gasteiger charge is -2.18. The zero-order valence-corrected chi connectivity index (χ0v) is 9.40. The molecule has 0 amide bonds. The number of carbonyl (C=O) groups is 1. The number of carbonyl (C=O) groups excluding carboxylic acids is 1. The number of rotatable bonds is 2. The molecule has 2 N–H and O–H groups in total. The highest BCUT2D eigenvalue weighted by Gasteiger charge is 2.21. The van der Waals surface area contributed by atoms with Gasteiger partial charge in [-0.3, -0.25) is 0 Å². The van der Waals surface area contributed by atoms with Crippen molar-refractivity contribution in [3.05, 3.63) is 17.8 Å². The molecule has 1 rings (SSSR count). The van der Waals surface area contributed by atoms with Crippen LogP contribution in [0, 0.1) is 0 Å². The van der Waals surface area contributed by atoms with E-state index in [2.05, 4.69) is 4.98 Å². The SMILES string of the molecule is C[C@H](N)c1nc(C(=O)OC(C)(C)C)co1. The lowest BCUT2D eigenvalue weighted by molar-refractivity contribution is 0.00628. The molecule has 15 heavy (non-hydrogen) atoms. The van der Waals surface area contributed by atoms with Crippen LogP contribution in [0.25, 0.3) is 0 Å². The number of ether oxygens (including phenoxy) is 1. The third-order valence-corrected chi connectivity index (χ3v) is 1.52. The highest BCUT2D eigenvalue weighted by atomic mass is 16.6. The van der Waals surface area contributed by atoms with Gasteiger partial charge in [0, 0.05) is 0 Å².